The van der Waals surface area contributed by atoms with E-state index in [2.05, 4.69) is 10.3 Å². The molecule has 16 heavy (non-hydrogen) atoms. The van der Waals surface area contributed by atoms with Crippen LogP contribution in [0, 0.1) is 13.8 Å². The third-order valence-corrected chi connectivity index (χ3v) is 1.73. The van der Waals surface area contributed by atoms with E-state index in [1.54, 1.807) is 12.1 Å². The maximum absolute atomic E-state index is 11.3. The first-order valence-electron chi connectivity index (χ1n) is 4.64. The van der Waals surface area contributed by atoms with Crippen molar-refractivity contribution in [1.82, 2.24) is 4.98 Å². The second kappa shape index (κ2) is 5.06. The van der Waals surface area contributed by atoms with Crippen LogP contribution in [0.4, 0.5) is 5.69 Å². The molecule has 5 nitrogen and oxygen atoms in total. The van der Waals surface area contributed by atoms with Gasteiger partial charge in [0.05, 0.1) is 0 Å². The monoisotopic (exact) mass is 220 g/mol. The average Bonchev–Trinajstić information content (AvgIpc) is 2.12. The summed E-state index contributed by atoms with van der Waals surface area (Å²) < 4.78 is 0. The number of hydrogen-bond donors (Lipinski definition) is 2. The van der Waals surface area contributed by atoms with E-state index in [1.807, 2.05) is 13.8 Å². The van der Waals surface area contributed by atoms with Crippen molar-refractivity contribution in [2.75, 3.05) is 5.32 Å². The van der Waals surface area contributed by atoms with E-state index < -0.39 is 11.9 Å². The molecule has 1 aromatic heterocycles. The van der Waals surface area contributed by atoms with Crippen LogP contribution < -0.4 is 5.32 Å². The minimum atomic E-state index is -1.16. The molecule has 0 radical (unpaired) electrons. The van der Waals surface area contributed by atoms with Gasteiger partial charge in [0.15, 0.2) is 0 Å². The number of hydrogen-bond acceptors (Lipinski definition) is 3. The van der Waals surface area contributed by atoms with Crippen LogP contribution in [0.5, 0.6) is 0 Å². The number of pyridine rings is 1. The van der Waals surface area contributed by atoms with Gasteiger partial charge in [-0.1, -0.05) is 0 Å². The fourth-order valence-corrected chi connectivity index (χ4v) is 1.24. The van der Waals surface area contributed by atoms with Gasteiger partial charge in [0.1, 0.15) is 0 Å². The number of aryl methyl sites for hydroxylation is 2. The number of carboxylic acids is 1. The van der Waals surface area contributed by atoms with Crippen molar-refractivity contribution < 1.29 is 14.7 Å². The highest BCUT2D eigenvalue weighted by Gasteiger charge is 2.00. The third kappa shape index (κ3) is 3.91. The highest BCUT2D eigenvalue weighted by Crippen LogP contribution is 2.10. The Hall–Kier alpha value is -2.17. The van der Waals surface area contributed by atoms with Crippen molar-refractivity contribution in [1.29, 1.82) is 0 Å². The smallest absolute Gasteiger partial charge is 0.328 e. The minimum Gasteiger partial charge on any atom is -0.478 e. The molecule has 0 bridgehead atoms. The van der Waals surface area contributed by atoms with Gasteiger partial charge in [-0.3, -0.25) is 9.78 Å². The lowest BCUT2D eigenvalue weighted by atomic mass is 10.3. The first-order valence-corrected chi connectivity index (χ1v) is 4.64. The molecule has 0 fully saturated rings. The summed E-state index contributed by atoms with van der Waals surface area (Å²) in [6, 6.07) is 3.42. The van der Waals surface area contributed by atoms with Crippen LogP contribution >= 0.6 is 0 Å². The maximum Gasteiger partial charge on any atom is 0.328 e. The molecule has 1 heterocycles. The molecule has 2 N–H and O–H groups in total. The number of amides is 1. The highest BCUT2D eigenvalue weighted by atomic mass is 16.4. The van der Waals surface area contributed by atoms with Gasteiger partial charge in [0, 0.05) is 29.2 Å². The molecule has 0 aromatic carbocycles. The molecule has 1 rings (SSSR count). The van der Waals surface area contributed by atoms with E-state index in [1.165, 1.54) is 0 Å². The van der Waals surface area contributed by atoms with E-state index in [4.69, 9.17) is 5.11 Å². The molecule has 0 unspecified atom stereocenters. The van der Waals surface area contributed by atoms with Crippen molar-refractivity contribution in [3.63, 3.8) is 0 Å². The molecular formula is C11H12N2O3. The Morgan fingerprint density at radius 3 is 2.31 bits per heavy atom. The van der Waals surface area contributed by atoms with Crippen molar-refractivity contribution in [3.8, 4) is 0 Å². The van der Waals surface area contributed by atoms with Crippen LogP contribution in [-0.4, -0.2) is 22.0 Å². The van der Waals surface area contributed by atoms with E-state index in [0.29, 0.717) is 5.69 Å². The summed E-state index contributed by atoms with van der Waals surface area (Å²) in [6.45, 7) is 3.63. The van der Waals surface area contributed by atoms with Gasteiger partial charge in [0.2, 0.25) is 5.91 Å². The molecule has 0 saturated heterocycles. The zero-order valence-electron chi connectivity index (χ0n) is 9.02. The van der Waals surface area contributed by atoms with Crippen LogP contribution in [-0.2, 0) is 9.59 Å². The van der Waals surface area contributed by atoms with E-state index in [-0.39, 0.29) is 0 Å². The zero-order valence-corrected chi connectivity index (χ0v) is 9.02. The lowest BCUT2D eigenvalue weighted by Crippen LogP contribution is -2.09. The summed E-state index contributed by atoms with van der Waals surface area (Å²) in [5, 5.41) is 10.9. The maximum atomic E-state index is 11.3. The van der Waals surface area contributed by atoms with E-state index in [0.717, 1.165) is 23.5 Å². The summed E-state index contributed by atoms with van der Waals surface area (Å²) in [4.78, 5) is 25.6. The summed E-state index contributed by atoms with van der Waals surface area (Å²) in [6.07, 6.45) is 1.75. The Morgan fingerprint density at radius 1 is 1.25 bits per heavy atom. The van der Waals surface area contributed by atoms with Gasteiger partial charge < -0.3 is 10.4 Å². The third-order valence-electron chi connectivity index (χ3n) is 1.73. The van der Waals surface area contributed by atoms with Gasteiger partial charge in [0.25, 0.3) is 0 Å². The molecular weight excluding hydrogens is 208 g/mol. The van der Waals surface area contributed by atoms with Gasteiger partial charge in [-0.25, -0.2) is 4.79 Å². The summed E-state index contributed by atoms with van der Waals surface area (Å²) in [7, 11) is 0. The fourth-order valence-electron chi connectivity index (χ4n) is 1.24. The van der Waals surface area contributed by atoms with Crippen LogP contribution in [0.25, 0.3) is 0 Å². The van der Waals surface area contributed by atoms with Crippen LogP contribution in [0.2, 0.25) is 0 Å². The highest BCUT2D eigenvalue weighted by molar-refractivity contribution is 6.02. The quantitative estimate of drug-likeness (QED) is 0.752. The van der Waals surface area contributed by atoms with Gasteiger partial charge in [-0.2, -0.15) is 0 Å². The van der Waals surface area contributed by atoms with Crippen molar-refractivity contribution in [2.24, 2.45) is 0 Å². The van der Waals surface area contributed by atoms with Crippen molar-refractivity contribution in [2.45, 2.75) is 13.8 Å². The van der Waals surface area contributed by atoms with Crippen LogP contribution in [0.15, 0.2) is 24.3 Å². The predicted molar refractivity (Wildman–Crippen MR) is 59.1 cm³/mol. The Labute approximate surface area is 92.8 Å². The Kier molecular flexibility index (Phi) is 3.77. The lowest BCUT2D eigenvalue weighted by molar-refractivity contribution is -0.131. The van der Waals surface area contributed by atoms with Gasteiger partial charge in [-0.05, 0) is 26.0 Å². The molecule has 84 valence electrons. The topological polar surface area (TPSA) is 79.3 Å². The average molecular weight is 220 g/mol. The number of aliphatic carboxylic acids is 1. The second-order valence-electron chi connectivity index (χ2n) is 3.30. The number of aromatic nitrogens is 1. The normalized spacial score (nSPS) is 10.4. The standard InChI is InChI=1S/C11H12N2O3/c1-7-5-9(6-8(2)12-7)13-10(14)3-4-11(15)16/h3-6H,1-2H3,(H,15,16)(H,12,13,14)/b4-3+. The van der Waals surface area contributed by atoms with E-state index >= 15 is 0 Å². The number of nitrogens with zero attached hydrogens (tertiary/aromatic N) is 1. The van der Waals surface area contributed by atoms with Crippen LogP contribution in [0.1, 0.15) is 11.4 Å². The minimum absolute atomic E-state index is 0.479. The molecule has 0 aliphatic carbocycles. The number of carbonyl (C=O) groups excluding carboxylic acids is 1. The molecule has 5 heteroatoms. The number of carbonyl (C=O) groups is 2. The molecule has 0 atom stereocenters. The summed E-state index contributed by atoms with van der Waals surface area (Å²) in [5.41, 5.74) is 2.18. The number of anilines is 1. The summed E-state index contributed by atoms with van der Waals surface area (Å²) >= 11 is 0. The molecule has 1 aromatic rings. The molecule has 1 amide bonds. The largest absolute Gasteiger partial charge is 0.478 e. The second-order valence-corrected chi connectivity index (χ2v) is 3.30. The number of nitrogens with one attached hydrogen (secondary N) is 1. The Morgan fingerprint density at radius 2 is 1.81 bits per heavy atom. The van der Waals surface area contributed by atoms with Gasteiger partial charge in [-0.15, -0.1) is 0 Å². The van der Waals surface area contributed by atoms with Crippen LogP contribution in [0.3, 0.4) is 0 Å². The lowest BCUT2D eigenvalue weighted by Gasteiger charge is -2.04. The first kappa shape index (κ1) is 11.9. The fraction of sp³-hybridized carbons (Fsp3) is 0.182. The first-order chi connectivity index (χ1) is 7.47. The predicted octanol–water partition coefficient (Wildman–Crippen LogP) is 1.28. The SMILES string of the molecule is Cc1cc(NC(=O)/C=C/C(=O)O)cc(C)n1. The number of rotatable bonds is 3. The Bertz CT molecular complexity index is 432. The zero-order chi connectivity index (χ0) is 12.1. The Balaban J connectivity index is 2.73. The van der Waals surface area contributed by atoms with Crippen molar-refractivity contribution in [3.05, 3.63) is 35.7 Å². The van der Waals surface area contributed by atoms with E-state index in [9.17, 15) is 9.59 Å². The molecule has 0 spiro atoms. The number of carboxylic acid groups (broad SMARTS) is 1. The molecule has 0 saturated carbocycles. The van der Waals surface area contributed by atoms with Gasteiger partial charge >= 0.3 is 5.97 Å². The summed E-state index contributed by atoms with van der Waals surface area (Å²) in [5.74, 6) is -1.63. The molecule has 0 aliphatic heterocycles. The molecule has 0 aliphatic rings. The van der Waals surface area contributed by atoms with Crippen molar-refractivity contribution >= 4 is 17.6 Å².